The molecule has 0 aromatic carbocycles. The summed E-state index contributed by atoms with van der Waals surface area (Å²) in [6.45, 7) is 5.19. The zero-order chi connectivity index (χ0) is 21.5. The highest BCUT2D eigenvalue weighted by atomic mass is 32.2. The van der Waals surface area contributed by atoms with E-state index in [1.54, 1.807) is 20.8 Å². The molecule has 0 bridgehead atoms. The molecular weight excluding hydrogens is 431 g/mol. The monoisotopic (exact) mass is 447 g/mol. The summed E-state index contributed by atoms with van der Waals surface area (Å²) in [6.07, 6.45) is -4.62. The van der Waals surface area contributed by atoms with Gasteiger partial charge in [-0.2, -0.15) is 13.2 Å². The van der Waals surface area contributed by atoms with E-state index in [1.165, 1.54) is 7.05 Å². The van der Waals surface area contributed by atoms with Gasteiger partial charge in [-0.25, -0.2) is 9.78 Å². The summed E-state index contributed by atoms with van der Waals surface area (Å²) in [4.78, 5) is 32.3. The van der Waals surface area contributed by atoms with Crippen LogP contribution in [-0.4, -0.2) is 37.3 Å². The first-order valence-corrected chi connectivity index (χ1v) is 10.1. The zero-order valence-corrected chi connectivity index (χ0v) is 17.4. The van der Waals surface area contributed by atoms with E-state index in [4.69, 9.17) is 4.74 Å². The predicted molar refractivity (Wildman–Crippen MR) is 101 cm³/mol. The number of carbonyl (C=O) groups excluding carboxylic acids is 1. The molecule has 29 heavy (non-hydrogen) atoms. The molecule has 1 unspecified atom stereocenters. The number of nitrogens with zero attached hydrogens (tertiary/aromatic N) is 4. The Morgan fingerprint density at radius 3 is 2.66 bits per heavy atom. The summed E-state index contributed by atoms with van der Waals surface area (Å²) in [6, 6.07) is 0. The molecule has 3 rings (SSSR count). The standard InChI is InChI=1S/C16H16F3N5O3S2/c1-5-27-13(26)9-6(2)8-11(25)20-10(21-12(8)29-9)7(3)28-15-23-22-14(24(15)4)16(17,18)19/h7H,5H2,1-4H3,(H,20,21,25). The normalized spacial score (nSPS) is 13.1. The third kappa shape index (κ3) is 4.01. The molecule has 0 aliphatic heterocycles. The fraction of sp³-hybridized carbons (Fsp3) is 0.438. The van der Waals surface area contributed by atoms with Gasteiger partial charge < -0.3 is 14.3 Å². The number of halogens is 3. The molecule has 1 atom stereocenters. The van der Waals surface area contributed by atoms with E-state index in [1.807, 2.05) is 0 Å². The summed E-state index contributed by atoms with van der Waals surface area (Å²) in [5.74, 6) is -1.40. The highest BCUT2D eigenvalue weighted by Gasteiger charge is 2.37. The number of hydrogen-bond acceptors (Lipinski definition) is 8. The van der Waals surface area contributed by atoms with Crippen LogP contribution in [0.1, 0.15) is 46.0 Å². The Labute approximate surface area is 170 Å². The summed E-state index contributed by atoms with van der Waals surface area (Å²) in [7, 11) is 1.21. The van der Waals surface area contributed by atoms with Gasteiger partial charge in [0.25, 0.3) is 5.56 Å². The van der Waals surface area contributed by atoms with Crippen LogP contribution in [0.3, 0.4) is 0 Å². The van der Waals surface area contributed by atoms with Crippen molar-refractivity contribution in [2.75, 3.05) is 6.61 Å². The van der Waals surface area contributed by atoms with E-state index >= 15 is 0 Å². The highest BCUT2D eigenvalue weighted by molar-refractivity contribution is 7.99. The lowest BCUT2D eigenvalue weighted by Crippen LogP contribution is -2.14. The Hall–Kier alpha value is -2.41. The maximum atomic E-state index is 12.9. The van der Waals surface area contributed by atoms with Gasteiger partial charge in [-0.1, -0.05) is 11.8 Å². The fourth-order valence-corrected chi connectivity index (χ4v) is 4.58. The van der Waals surface area contributed by atoms with Gasteiger partial charge >= 0.3 is 12.1 Å². The van der Waals surface area contributed by atoms with Gasteiger partial charge in [-0.15, -0.1) is 21.5 Å². The van der Waals surface area contributed by atoms with Crippen LogP contribution < -0.4 is 5.56 Å². The maximum Gasteiger partial charge on any atom is 0.451 e. The molecule has 0 spiro atoms. The predicted octanol–water partition coefficient (Wildman–Crippen LogP) is 3.47. The molecule has 0 fully saturated rings. The topological polar surface area (TPSA) is 103 Å². The average Bonchev–Trinajstić information content (AvgIpc) is 3.15. The van der Waals surface area contributed by atoms with E-state index < -0.39 is 28.8 Å². The molecule has 0 aliphatic carbocycles. The number of aryl methyl sites for hydroxylation is 1. The van der Waals surface area contributed by atoms with E-state index in [-0.39, 0.29) is 23.0 Å². The van der Waals surface area contributed by atoms with Crippen LogP contribution in [0.25, 0.3) is 10.2 Å². The van der Waals surface area contributed by atoms with Crippen LogP contribution in [0.2, 0.25) is 0 Å². The number of esters is 1. The molecule has 156 valence electrons. The Morgan fingerprint density at radius 1 is 1.38 bits per heavy atom. The lowest BCUT2D eigenvalue weighted by atomic mass is 10.2. The van der Waals surface area contributed by atoms with E-state index in [9.17, 15) is 22.8 Å². The van der Waals surface area contributed by atoms with Crippen molar-refractivity contribution < 1.29 is 22.7 Å². The third-order valence-corrected chi connectivity index (χ3v) is 6.34. The highest BCUT2D eigenvalue weighted by Crippen LogP contribution is 2.36. The minimum atomic E-state index is -4.62. The van der Waals surface area contributed by atoms with Crippen LogP contribution in [0.5, 0.6) is 0 Å². The molecule has 0 amide bonds. The number of thiophene rings is 1. The summed E-state index contributed by atoms with van der Waals surface area (Å²) in [5, 5.41) is 6.55. The second-order valence-electron chi connectivity index (χ2n) is 6.03. The van der Waals surface area contributed by atoms with Crippen molar-refractivity contribution in [1.29, 1.82) is 0 Å². The van der Waals surface area contributed by atoms with Gasteiger partial charge in [-0.3, -0.25) is 4.79 Å². The lowest BCUT2D eigenvalue weighted by Gasteiger charge is -2.11. The molecule has 3 heterocycles. The maximum absolute atomic E-state index is 12.9. The summed E-state index contributed by atoms with van der Waals surface area (Å²) >= 11 is 2.01. The third-order valence-electron chi connectivity index (χ3n) is 4.04. The molecule has 0 radical (unpaired) electrons. The van der Waals surface area contributed by atoms with Gasteiger partial charge in [0.15, 0.2) is 5.16 Å². The molecule has 13 heteroatoms. The smallest absolute Gasteiger partial charge is 0.451 e. The SMILES string of the molecule is CCOC(=O)c1sc2nc(C(C)Sc3nnc(C(F)(F)F)n3C)[nH]c(=O)c2c1C. The number of alkyl halides is 3. The summed E-state index contributed by atoms with van der Waals surface area (Å²) in [5.41, 5.74) is 0.0443. The number of nitrogens with one attached hydrogen (secondary N) is 1. The Balaban J connectivity index is 1.95. The molecular formula is C16H16F3N5O3S2. The average molecular weight is 447 g/mol. The summed E-state index contributed by atoms with van der Waals surface area (Å²) < 4.78 is 44.5. The second-order valence-corrected chi connectivity index (χ2v) is 8.34. The van der Waals surface area contributed by atoms with E-state index in [0.717, 1.165) is 27.7 Å². The number of thioether (sulfide) groups is 1. The molecule has 0 saturated carbocycles. The largest absolute Gasteiger partial charge is 0.462 e. The van der Waals surface area contributed by atoms with E-state index in [0.29, 0.717) is 15.3 Å². The first kappa shape index (κ1) is 21.3. The van der Waals surface area contributed by atoms with Crippen LogP contribution in [-0.2, 0) is 18.0 Å². The number of ether oxygens (including phenoxy) is 1. The van der Waals surface area contributed by atoms with Gasteiger partial charge in [0.05, 0.1) is 17.2 Å². The molecule has 3 aromatic rings. The van der Waals surface area contributed by atoms with Gasteiger partial charge in [-0.05, 0) is 26.3 Å². The first-order chi connectivity index (χ1) is 13.5. The quantitative estimate of drug-likeness (QED) is 0.472. The molecule has 0 aliphatic rings. The number of carbonyl (C=O) groups is 1. The number of H-pyrrole nitrogens is 1. The molecule has 1 N–H and O–H groups in total. The molecule has 0 saturated heterocycles. The van der Waals surface area contributed by atoms with Crippen molar-refractivity contribution in [2.24, 2.45) is 7.05 Å². The van der Waals surface area contributed by atoms with Gasteiger partial charge in [0.2, 0.25) is 5.82 Å². The van der Waals surface area contributed by atoms with Crippen molar-refractivity contribution in [3.8, 4) is 0 Å². The number of aromatic amines is 1. The number of rotatable bonds is 5. The van der Waals surface area contributed by atoms with Crippen molar-refractivity contribution >= 4 is 39.3 Å². The van der Waals surface area contributed by atoms with Crippen LogP contribution in [0, 0.1) is 6.92 Å². The lowest BCUT2D eigenvalue weighted by molar-refractivity contribution is -0.147. The molecule has 3 aromatic heterocycles. The second kappa shape index (κ2) is 7.78. The minimum Gasteiger partial charge on any atom is -0.462 e. The van der Waals surface area contributed by atoms with Crippen LogP contribution in [0.15, 0.2) is 9.95 Å². The first-order valence-electron chi connectivity index (χ1n) is 8.38. The van der Waals surface area contributed by atoms with E-state index in [2.05, 4.69) is 20.2 Å². The van der Waals surface area contributed by atoms with Crippen molar-refractivity contribution in [2.45, 2.75) is 37.4 Å². The minimum absolute atomic E-state index is 0.0298. The van der Waals surface area contributed by atoms with Crippen molar-refractivity contribution in [1.82, 2.24) is 24.7 Å². The Bertz CT molecular complexity index is 1140. The van der Waals surface area contributed by atoms with Crippen molar-refractivity contribution in [3.05, 3.63) is 32.4 Å². The van der Waals surface area contributed by atoms with Crippen LogP contribution in [0.4, 0.5) is 13.2 Å². The van der Waals surface area contributed by atoms with Gasteiger partial charge in [0, 0.05) is 7.05 Å². The van der Waals surface area contributed by atoms with Crippen molar-refractivity contribution in [3.63, 3.8) is 0 Å². The Morgan fingerprint density at radius 2 is 2.07 bits per heavy atom. The zero-order valence-electron chi connectivity index (χ0n) is 15.7. The van der Waals surface area contributed by atoms with Crippen LogP contribution >= 0.6 is 23.1 Å². The number of hydrogen-bond donors (Lipinski definition) is 1. The number of fused-ring (bicyclic) bond motifs is 1. The Kier molecular flexibility index (Phi) is 5.72. The number of aromatic nitrogens is 5. The fourth-order valence-electron chi connectivity index (χ4n) is 2.62. The van der Waals surface area contributed by atoms with Gasteiger partial charge in [0.1, 0.15) is 15.5 Å². The molecule has 8 nitrogen and oxygen atoms in total.